The lowest BCUT2D eigenvalue weighted by atomic mass is 10.3. The van der Waals surface area contributed by atoms with Crippen LogP contribution < -0.4 is 4.31 Å². The molecule has 90 valence electrons. The molecule has 0 fully saturated rings. The van der Waals surface area contributed by atoms with Gasteiger partial charge in [0.1, 0.15) is 15.6 Å². The van der Waals surface area contributed by atoms with Crippen molar-refractivity contribution >= 4 is 26.4 Å². The second kappa shape index (κ2) is 4.38. The predicted octanol–water partition coefficient (Wildman–Crippen LogP) is 2.28. The molecule has 0 bridgehead atoms. The number of phenolic OH excluding ortho intramolecular Hbond substituents is 1. The van der Waals surface area contributed by atoms with E-state index in [9.17, 15) is 13.5 Å². The van der Waals surface area contributed by atoms with E-state index in [0.717, 1.165) is 4.31 Å². The Morgan fingerprint density at radius 2 is 1.88 bits per heavy atom. The number of aromatic hydroxyl groups is 1. The minimum absolute atomic E-state index is 0.0871. The molecule has 0 aliphatic carbocycles. The van der Waals surface area contributed by atoms with Gasteiger partial charge in [-0.15, -0.1) is 11.3 Å². The molecule has 0 radical (unpaired) electrons. The van der Waals surface area contributed by atoms with Crippen LogP contribution in [0.5, 0.6) is 5.75 Å². The lowest BCUT2D eigenvalue weighted by molar-refractivity contribution is 0.458. The average Bonchev–Trinajstić information content (AvgIpc) is 2.81. The van der Waals surface area contributed by atoms with Gasteiger partial charge in [0.2, 0.25) is 0 Å². The van der Waals surface area contributed by atoms with Gasteiger partial charge in [0.25, 0.3) is 10.0 Å². The molecule has 2 rings (SSSR count). The zero-order valence-electron chi connectivity index (χ0n) is 9.07. The normalized spacial score (nSPS) is 11.4. The summed E-state index contributed by atoms with van der Waals surface area (Å²) in [5, 5.41) is 12.0. The van der Waals surface area contributed by atoms with E-state index in [1.165, 1.54) is 30.5 Å². The number of phenols is 1. The number of para-hydroxylation sites is 1. The van der Waals surface area contributed by atoms with Crippen LogP contribution >= 0.6 is 11.3 Å². The third kappa shape index (κ3) is 2.13. The molecular formula is C11H11NO3S2. The molecule has 0 amide bonds. The summed E-state index contributed by atoms with van der Waals surface area (Å²) in [6, 6.07) is 9.39. The smallest absolute Gasteiger partial charge is 0.268 e. The van der Waals surface area contributed by atoms with Crippen LogP contribution in [0.2, 0.25) is 0 Å². The summed E-state index contributed by atoms with van der Waals surface area (Å²) in [6.07, 6.45) is 0. The van der Waals surface area contributed by atoms with Crippen molar-refractivity contribution in [2.75, 3.05) is 11.4 Å². The highest BCUT2D eigenvalue weighted by molar-refractivity contribution is 7.93. The summed E-state index contributed by atoms with van der Waals surface area (Å²) in [4.78, 5) is -0.0871. The SMILES string of the molecule is CN(c1cccs1)S(=O)(=O)c1ccccc1O. The van der Waals surface area contributed by atoms with E-state index in [4.69, 9.17) is 0 Å². The fourth-order valence-electron chi connectivity index (χ4n) is 1.39. The Morgan fingerprint density at radius 3 is 2.47 bits per heavy atom. The summed E-state index contributed by atoms with van der Waals surface area (Å²) >= 11 is 1.32. The van der Waals surface area contributed by atoms with Gasteiger partial charge in [-0.25, -0.2) is 8.42 Å². The molecule has 1 aromatic heterocycles. The highest BCUT2D eigenvalue weighted by Crippen LogP contribution is 2.30. The standard InChI is InChI=1S/C11H11NO3S2/c1-12(11-7-4-8-16-11)17(14,15)10-6-3-2-5-9(10)13/h2-8,13H,1H3. The molecule has 2 aromatic rings. The number of benzene rings is 1. The quantitative estimate of drug-likeness (QED) is 0.930. The number of rotatable bonds is 3. The van der Waals surface area contributed by atoms with E-state index in [0.29, 0.717) is 5.00 Å². The molecule has 0 unspecified atom stereocenters. The number of sulfonamides is 1. The highest BCUT2D eigenvalue weighted by atomic mass is 32.2. The summed E-state index contributed by atoms with van der Waals surface area (Å²) in [5.41, 5.74) is 0. The summed E-state index contributed by atoms with van der Waals surface area (Å²) in [6.45, 7) is 0. The topological polar surface area (TPSA) is 57.6 Å². The lowest BCUT2D eigenvalue weighted by Gasteiger charge is -2.17. The number of hydrogen-bond acceptors (Lipinski definition) is 4. The Morgan fingerprint density at radius 1 is 1.18 bits per heavy atom. The van der Waals surface area contributed by atoms with Crippen LogP contribution in [0, 0.1) is 0 Å². The van der Waals surface area contributed by atoms with E-state index in [1.54, 1.807) is 29.6 Å². The lowest BCUT2D eigenvalue weighted by Crippen LogP contribution is -2.25. The Bertz CT molecular complexity index is 605. The molecule has 0 spiro atoms. The van der Waals surface area contributed by atoms with Crippen LogP contribution in [0.15, 0.2) is 46.7 Å². The first-order valence-corrected chi connectivity index (χ1v) is 7.16. The minimum atomic E-state index is -3.70. The Hall–Kier alpha value is -1.53. The monoisotopic (exact) mass is 269 g/mol. The molecule has 1 heterocycles. The van der Waals surface area contributed by atoms with Crippen LogP contribution in [0.3, 0.4) is 0 Å². The van der Waals surface area contributed by atoms with Crippen molar-refractivity contribution in [3.8, 4) is 5.75 Å². The van der Waals surface area contributed by atoms with Crippen molar-refractivity contribution in [1.82, 2.24) is 0 Å². The van der Waals surface area contributed by atoms with Crippen LogP contribution in [-0.4, -0.2) is 20.6 Å². The first kappa shape index (κ1) is 11.9. The molecule has 17 heavy (non-hydrogen) atoms. The second-order valence-electron chi connectivity index (χ2n) is 3.39. The van der Waals surface area contributed by atoms with Gasteiger partial charge in [-0.2, -0.15) is 0 Å². The Kier molecular flexibility index (Phi) is 3.08. The Balaban J connectivity index is 2.48. The van der Waals surface area contributed by atoms with Gasteiger partial charge in [-0.05, 0) is 29.6 Å². The van der Waals surface area contributed by atoms with Crippen molar-refractivity contribution < 1.29 is 13.5 Å². The second-order valence-corrected chi connectivity index (χ2v) is 6.26. The molecule has 1 N–H and O–H groups in total. The zero-order valence-corrected chi connectivity index (χ0v) is 10.7. The highest BCUT2D eigenvalue weighted by Gasteiger charge is 2.24. The molecule has 0 saturated heterocycles. The average molecular weight is 269 g/mol. The molecular weight excluding hydrogens is 258 g/mol. The predicted molar refractivity (Wildman–Crippen MR) is 68.0 cm³/mol. The van der Waals surface area contributed by atoms with Gasteiger partial charge >= 0.3 is 0 Å². The minimum Gasteiger partial charge on any atom is -0.507 e. The number of anilines is 1. The van der Waals surface area contributed by atoms with E-state index in [1.807, 2.05) is 0 Å². The van der Waals surface area contributed by atoms with Gasteiger partial charge < -0.3 is 5.11 Å². The summed E-state index contributed by atoms with van der Waals surface area (Å²) in [5.74, 6) is -0.240. The summed E-state index contributed by atoms with van der Waals surface area (Å²) < 4.78 is 25.6. The van der Waals surface area contributed by atoms with E-state index in [2.05, 4.69) is 0 Å². The van der Waals surface area contributed by atoms with Crippen molar-refractivity contribution in [2.45, 2.75) is 4.90 Å². The third-order valence-corrected chi connectivity index (χ3v) is 5.20. The third-order valence-electron chi connectivity index (χ3n) is 2.32. The maximum Gasteiger partial charge on any atom is 0.268 e. The first-order chi connectivity index (χ1) is 8.03. The van der Waals surface area contributed by atoms with Crippen molar-refractivity contribution in [3.63, 3.8) is 0 Å². The number of hydrogen-bond donors (Lipinski definition) is 1. The molecule has 1 aromatic carbocycles. The molecule has 0 aliphatic heterocycles. The van der Waals surface area contributed by atoms with Gasteiger partial charge in [-0.1, -0.05) is 12.1 Å². The Labute approximate surface area is 104 Å². The summed E-state index contributed by atoms with van der Waals surface area (Å²) in [7, 11) is -2.23. The van der Waals surface area contributed by atoms with Crippen LogP contribution in [0.4, 0.5) is 5.00 Å². The largest absolute Gasteiger partial charge is 0.507 e. The molecule has 6 heteroatoms. The van der Waals surface area contributed by atoms with Crippen molar-refractivity contribution in [2.24, 2.45) is 0 Å². The van der Waals surface area contributed by atoms with Crippen molar-refractivity contribution in [3.05, 3.63) is 41.8 Å². The molecule has 0 aliphatic rings. The van der Waals surface area contributed by atoms with E-state index < -0.39 is 10.0 Å². The molecule has 0 atom stereocenters. The van der Waals surface area contributed by atoms with Crippen LogP contribution in [0.1, 0.15) is 0 Å². The number of thiophene rings is 1. The maximum atomic E-state index is 12.2. The maximum absolute atomic E-state index is 12.2. The fraction of sp³-hybridized carbons (Fsp3) is 0.0909. The van der Waals surface area contributed by atoms with E-state index >= 15 is 0 Å². The van der Waals surface area contributed by atoms with E-state index in [-0.39, 0.29) is 10.6 Å². The first-order valence-electron chi connectivity index (χ1n) is 4.84. The fourth-order valence-corrected chi connectivity index (χ4v) is 3.59. The van der Waals surface area contributed by atoms with Gasteiger partial charge in [0.15, 0.2) is 0 Å². The zero-order chi connectivity index (χ0) is 12.5. The van der Waals surface area contributed by atoms with Crippen molar-refractivity contribution in [1.29, 1.82) is 0 Å². The van der Waals surface area contributed by atoms with Crippen LogP contribution in [-0.2, 0) is 10.0 Å². The van der Waals surface area contributed by atoms with Crippen LogP contribution in [0.25, 0.3) is 0 Å². The van der Waals surface area contributed by atoms with Gasteiger partial charge in [0, 0.05) is 7.05 Å². The molecule has 4 nitrogen and oxygen atoms in total. The van der Waals surface area contributed by atoms with Gasteiger partial charge in [-0.3, -0.25) is 4.31 Å². The number of nitrogens with zero attached hydrogens (tertiary/aromatic N) is 1. The van der Waals surface area contributed by atoms with Gasteiger partial charge in [0.05, 0.1) is 0 Å². The molecule has 0 saturated carbocycles.